The Kier molecular flexibility index (Phi) is 3.69. The van der Waals surface area contributed by atoms with E-state index < -0.39 is 0 Å². The number of anilines is 1. The number of nitrogens with one attached hydrogen (secondary N) is 1. The van der Waals surface area contributed by atoms with Crippen molar-refractivity contribution in [2.24, 2.45) is 0 Å². The molecule has 0 fully saturated rings. The maximum atomic E-state index is 4.61. The van der Waals surface area contributed by atoms with E-state index in [2.05, 4.69) is 25.4 Å². The van der Waals surface area contributed by atoms with Crippen molar-refractivity contribution in [3.05, 3.63) is 60.8 Å². The minimum atomic E-state index is 0.797. The Hall–Kier alpha value is -2.80. The van der Waals surface area contributed by atoms with Crippen molar-refractivity contribution in [3.63, 3.8) is 0 Å². The summed E-state index contributed by atoms with van der Waals surface area (Å²) < 4.78 is 1.81. The van der Waals surface area contributed by atoms with Crippen molar-refractivity contribution >= 4 is 21.4 Å². The lowest BCUT2D eigenvalue weighted by atomic mass is 10.2. The van der Waals surface area contributed by atoms with Gasteiger partial charge in [0.15, 0.2) is 0 Å². The molecule has 0 unspecified atom stereocenters. The first kappa shape index (κ1) is 13.8. The number of fused-ring (bicyclic) bond motifs is 1. The summed E-state index contributed by atoms with van der Waals surface area (Å²) >= 11 is 1.54. The molecule has 0 spiro atoms. The van der Waals surface area contributed by atoms with Crippen molar-refractivity contribution < 1.29 is 0 Å². The monoisotopic (exact) mass is 322 g/mol. The van der Waals surface area contributed by atoms with Gasteiger partial charge in [0.1, 0.15) is 0 Å². The number of hydrogen-bond donors (Lipinski definition) is 1. The van der Waals surface area contributed by atoms with E-state index in [-0.39, 0.29) is 0 Å². The Balaban J connectivity index is 1.44. The molecule has 0 atom stereocenters. The zero-order valence-electron chi connectivity index (χ0n) is 12.3. The fourth-order valence-corrected chi connectivity index (χ4v) is 3.08. The molecule has 0 radical (unpaired) electrons. The van der Waals surface area contributed by atoms with E-state index in [1.807, 2.05) is 47.2 Å². The number of aromatic nitrogens is 5. The highest BCUT2D eigenvalue weighted by atomic mass is 32.1. The van der Waals surface area contributed by atoms with Gasteiger partial charge < -0.3 is 5.32 Å². The van der Waals surface area contributed by atoms with E-state index in [9.17, 15) is 0 Å². The summed E-state index contributed by atoms with van der Waals surface area (Å²) in [7, 11) is 0. The van der Waals surface area contributed by atoms with Crippen LogP contribution in [0, 0.1) is 0 Å². The SMILES string of the molecule is c1ccc(CCNc2nn3cc(-c4ccncc4)nc3s2)nc1. The second-order valence-corrected chi connectivity index (χ2v) is 5.95. The summed E-state index contributed by atoms with van der Waals surface area (Å²) in [5.74, 6) is 0. The molecule has 0 aromatic carbocycles. The molecule has 0 saturated carbocycles. The summed E-state index contributed by atoms with van der Waals surface area (Å²) in [6, 6.07) is 9.84. The topological polar surface area (TPSA) is 68.0 Å². The fraction of sp³-hybridized carbons (Fsp3) is 0.125. The Morgan fingerprint density at radius 3 is 2.78 bits per heavy atom. The summed E-state index contributed by atoms with van der Waals surface area (Å²) in [5.41, 5.74) is 3.02. The van der Waals surface area contributed by atoms with Gasteiger partial charge in [-0.15, -0.1) is 5.10 Å². The van der Waals surface area contributed by atoms with E-state index in [1.54, 1.807) is 23.7 Å². The summed E-state index contributed by atoms with van der Waals surface area (Å²) in [6.07, 6.45) is 8.14. The number of rotatable bonds is 5. The Morgan fingerprint density at radius 2 is 2.00 bits per heavy atom. The van der Waals surface area contributed by atoms with Crippen LogP contribution in [-0.4, -0.2) is 31.1 Å². The van der Waals surface area contributed by atoms with Crippen LogP contribution in [0.15, 0.2) is 55.1 Å². The molecule has 0 amide bonds. The van der Waals surface area contributed by atoms with E-state index in [4.69, 9.17) is 0 Å². The molecule has 114 valence electrons. The zero-order valence-corrected chi connectivity index (χ0v) is 13.1. The molecule has 23 heavy (non-hydrogen) atoms. The molecule has 4 heterocycles. The van der Waals surface area contributed by atoms with Crippen molar-refractivity contribution in [3.8, 4) is 11.3 Å². The van der Waals surface area contributed by atoms with Crippen molar-refractivity contribution in [1.82, 2.24) is 24.6 Å². The third-order valence-electron chi connectivity index (χ3n) is 3.40. The van der Waals surface area contributed by atoms with Crippen LogP contribution >= 0.6 is 11.3 Å². The fourth-order valence-electron chi connectivity index (χ4n) is 2.28. The lowest BCUT2D eigenvalue weighted by molar-refractivity contribution is 0.929. The van der Waals surface area contributed by atoms with Gasteiger partial charge in [-0.25, -0.2) is 9.50 Å². The van der Waals surface area contributed by atoms with E-state index in [0.29, 0.717) is 0 Å². The number of pyridine rings is 2. The molecule has 4 aromatic rings. The van der Waals surface area contributed by atoms with E-state index in [1.165, 1.54) is 0 Å². The predicted molar refractivity (Wildman–Crippen MR) is 90.5 cm³/mol. The Bertz CT molecular complexity index is 869. The molecule has 4 aromatic heterocycles. The highest BCUT2D eigenvalue weighted by molar-refractivity contribution is 7.20. The minimum absolute atomic E-state index is 0.797. The second kappa shape index (κ2) is 6.13. The van der Waals surface area contributed by atoms with Crippen molar-refractivity contribution in [2.45, 2.75) is 6.42 Å². The third kappa shape index (κ3) is 3.04. The van der Waals surface area contributed by atoms with Crippen LogP contribution in [0.25, 0.3) is 16.2 Å². The molecule has 0 bridgehead atoms. The summed E-state index contributed by atoms with van der Waals surface area (Å²) in [4.78, 5) is 13.8. The summed E-state index contributed by atoms with van der Waals surface area (Å²) in [5, 5.41) is 8.71. The quantitative estimate of drug-likeness (QED) is 0.612. The van der Waals surface area contributed by atoms with Crippen LogP contribution in [0.4, 0.5) is 5.13 Å². The predicted octanol–water partition coefficient (Wildman–Crippen LogP) is 2.90. The van der Waals surface area contributed by atoms with Gasteiger partial charge >= 0.3 is 0 Å². The number of nitrogens with zero attached hydrogens (tertiary/aromatic N) is 5. The molecule has 0 aliphatic rings. The average Bonchev–Trinajstić information content (AvgIpc) is 3.15. The van der Waals surface area contributed by atoms with Gasteiger partial charge in [-0.1, -0.05) is 17.4 Å². The highest BCUT2D eigenvalue weighted by Gasteiger charge is 2.09. The first-order valence-electron chi connectivity index (χ1n) is 7.29. The van der Waals surface area contributed by atoms with Crippen LogP contribution in [0.3, 0.4) is 0 Å². The van der Waals surface area contributed by atoms with E-state index in [0.717, 1.165) is 40.0 Å². The lowest BCUT2D eigenvalue weighted by Crippen LogP contribution is -2.05. The molecule has 1 N–H and O–H groups in total. The van der Waals surface area contributed by atoms with Gasteiger partial charge in [-0.3, -0.25) is 9.97 Å². The standard InChI is InChI=1S/C16H14N6S/c1-2-7-18-13(3-1)6-10-19-15-21-22-11-14(20-16(22)23-15)12-4-8-17-9-5-12/h1-5,7-9,11H,6,10H2,(H,19,21). The third-order valence-corrected chi connectivity index (χ3v) is 4.28. The van der Waals surface area contributed by atoms with Crippen LogP contribution in [-0.2, 0) is 6.42 Å². The van der Waals surface area contributed by atoms with Crippen LogP contribution in [0.1, 0.15) is 5.69 Å². The molecule has 7 heteroatoms. The minimum Gasteiger partial charge on any atom is -0.360 e. The Morgan fingerprint density at radius 1 is 1.09 bits per heavy atom. The van der Waals surface area contributed by atoms with Gasteiger partial charge in [-0.2, -0.15) is 0 Å². The normalized spacial score (nSPS) is 11.0. The van der Waals surface area contributed by atoms with Crippen LogP contribution in [0.5, 0.6) is 0 Å². The first-order valence-corrected chi connectivity index (χ1v) is 8.10. The molecule has 0 aliphatic carbocycles. The van der Waals surface area contributed by atoms with Crippen molar-refractivity contribution in [2.75, 3.05) is 11.9 Å². The Labute approximate surface area is 136 Å². The van der Waals surface area contributed by atoms with Gasteiger partial charge in [0.05, 0.1) is 11.9 Å². The number of hydrogen-bond acceptors (Lipinski definition) is 6. The van der Waals surface area contributed by atoms with Crippen LogP contribution in [0.2, 0.25) is 0 Å². The molecule has 0 aliphatic heterocycles. The smallest absolute Gasteiger partial charge is 0.214 e. The zero-order chi connectivity index (χ0) is 15.5. The lowest BCUT2D eigenvalue weighted by Gasteiger charge is -2.01. The van der Waals surface area contributed by atoms with Crippen molar-refractivity contribution in [1.29, 1.82) is 0 Å². The molecule has 4 rings (SSSR count). The second-order valence-electron chi connectivity index (χ2n) is 4.99. The molecule has 0 saturated heterocycles. The molecule has 6 nitrogen and oxygen atoms in total. The van der Waals surface area contributed by atoms with Gasteiger partial charge in [0.2, 0.25) is 10.1 Å². The van der Waals surface area contributed by atoms with Gasteiger partial charge in [0, 0.05) is 42.8 Å². The maximum absolute atomic E-state index is 4.61. The number of imidazole rings is 1. The molecular weight excluding hydrogens is 308 g/mol. The largest absolute Gasteiger partial charge is 0.360 e. The first-order chi connectivity index (χ1) is 11.4. The average molecular weight is 322 g/mol. The summed E-state index contributed by atoms with van der Waals surface area (Å²) in [6.45, 7) is 0.797. The van der Waals surface area contributed by atoms with Gasteiger partial charge in [0.25, 0.3) is 0 Å². The van der Waals surface area contributed by atoms with Gasteiger partial charge in [-0.05, 0) is 24.3 Å². The van der Waals surface area contributed by atoms with E-state index >= 15 is 0 Å². The maximum Gasteiger partial charge on any atom is 0.214 e. The molecular formula is C16H14N6S. The highest BCUT2D eigenvalue weighted by Crippen LogP contribution is 2.23. The van der Waals surface area contributed by atoms with Crippen LogP contribution < -0.4 is 5.32 Å².